The van der Waals surface area contributed by atoms with Gasteiger partial charge in [0.1, 0.15) is 6.61 Å². The highest BCUT2D eigenvalue weighted by molar-refractivity contribution is 5.68. The summed E-state index contributed by atoms with van der Waals surface area (Å²) in [5.74, 6) is 0. The lowest BCUT2D eigenvalue weighted by atomic mass is 10.1. The van der Waals surface area contributed by atoms with Crippen molar-refractivity contribution in [2.45, 2.75) is 20.1 Å². The predicted molar refractivity (Wildman–Crippen MR) is 85.8 cm³/mol. The Morgan fingerprint density at radius 2 is 1.78 bits per heavy atom. The van der Waals surface area contributed by atoms with Gasteiger partial charge in [0.15, 0.2) is 0 Å². The van der Waals surface area contributed by atoms with Gasteiger partial charge in [0.05, 0.1) is 11.5 Å². The Hall–Kier alpha value is -2.89. The molecule has 0 aliphatic carbocycles. The van der Waals surface area contributed by atoms with E-state index >= 15 is 0 Å². The van der Waals surface area contributed by atoms with Crippen molar-refractivity contribution in [2.24, 2.45) is 0 Å². The number of nitro benzene ring substituents is 1. The van der Waals surface area contributed by atoms with Crippen LogP contribution in [0.15, 0.2) is 54.6 Å². The van der Waals surface area contributed by atoms with E-state index in [1.54, 1.807) is 25.1 Å². The van der Waals surface area contributed by atoms with Gasteiger partial charge in [-0.15, -0.1) is 0 Å². The summed E-state index contributed by atoms with van der Waals surface area (Å²) in [5, 5.41) is 11.0. The van der Waals surface area contributed by atoms with Crippen molar-refractivity contribution in [3.63, 3.8) is 0 Å². The minimum Gasteiger partial charge on any atom is -0.445 e. The summed E-state index contributed by atoms with van der Waals surface area (Å²) in [6.07, 6.45) is -0.491. The Kier molecular flexibility index (Phi) is 5.68. The van der Waals surface area contributed by atoms with Crippen molar-refractivity contribution >= 4 is 11.8 Å². The molecule has 1 amide bonds. The molecule has 2 aromatic carbocycles. The molecule has 0 radical (unpaired) electrons. The quantitative estimate of drug-likeness (QED) is 0.601. The van der Waals surface area contributed by atoms with Crippen LogP contribution in [0.25, 0.3) is 0 Å². The maximum atomic E-state index is 12.2. The molecule has 0 aliphatic heterocycles. The second-order valence-corrected chi connectivity index (χ2v) is 4.94. The number of nitro groups is 1. The Labute approximate surface area is 134 Å². The summed E-state index contributed by atoms with van der Waals surface area (Å²) < 4.78 is 5.27. The maximum Gasteiger partial charge on any atom is 0.410 e. The molecule has 6 heteroatoms. The molecule has 0 spiro atoms. The molecule has 23 heavy (non-hydrogen) atoms. The van der Waals surface area contributed by atoms with E-state index in [0.29, 0.717) is 12.1 Å². The topological polar surface area (TPSA) is 72.7 Å². The first-order valence-electron chi connectivity index (χ1n) is 7.29. The predicted octanol–water partition coefficient (Wildman–Crippen LogP) is 3.75. The fourth-order valence-electron chi connectivity index (χ4n) is 2.14. The summed E-state index contributed by atoms with van der Waals surface area (Å²) >= 11 is 0. The molecular formula is C17H18N2O4. The second-order valence-electron chi connectivity index (χ2n) is 4.94. The van der Waals surface area contributed by atoms with E-state index in [0.717, 1.165) is 5.56 Å². The molecule has 0 heterocycles. The van der Waals surface area contributed by atoms with Crippen LogP contribution in [0.3, 0.4) is 0 Å². The van der Waals surface area contributed by atoms with Gasteiger partial charge >= 0.3 is 6.09 Å². The Balaban J connectivity index is 2.02. The van der Waals surface area contributed by atoms with Crippen molar-refractivity contribution in [2.75, 3.05) is 6.54 Å². The van der Waals surface area contributed by atoms with E-state index in [9.17, 15) is 14.9 Å². The van der Waals surface area contributed by atoms with E-state index in [2.05, 4.69) is 0 Å². The molecule has 0 unspecified atom stereocenters. The minimum absolute atomic E-state index is 0.00168. The normalized spacial score (nSPS) is 10.1. The van der Waals surface area contributed by atoms with Crippen LogP contribution in [0.4, 0.5) is 10.5 Å². The largest absolute Gasteiger partial charge is 0.445 e. The summed E-state index contributed by atoms with van der Waals surface area (Å²) in [6, 6.07) is 15.7. The first kappa shape index (κ1) is 16.5. The lowest BCUT2D eigenvalue weighted by molar-refractivity contribution is -0.385. The summed E-state index contributed by atoms with van der Waals surface area (Å²) in [6.45, 7) is 2.52. The Morgan fingerprint density at radius 3 is 2.43 bits per heavy atom. The fourth-order valence-corrected chi connectivity index (χ4v) is 2.14. The van der Waals surface area contributed by atoms with Crippen molar-refractivity contribution in [3.8, 4) is 0 Å². The summed E-state index contributed by atoms with van der Waals surface area (Å²) in [5.41, 5.74) is 1.38. The van der Waals surface area contributed by atoms with Gasteiger partial charge in [0.25, 0.3) is 5.69 Å². The van der Waals surface area contributed by atoms with Crippen LogP contribution in [-0.4, -0.2) is 22.5 Å². The van der Waals surface area contributed by atoms with Gasteiger partial charge in [-0.05, 0) is 12.5 Å². The van der Waals surface area contributed by atoms with Crippen LogP contribution < -0.4 is 0 Å². The van der Waals surface area contributed by atoms with Crippen LogP contribution in [-0.2, 0) is 17.9 Å². The van der Waals surface area contributed by atoms with E-state index in [1.165, 1.54) is 11.0 Å². The maximum absolute atomic E-state index is 12.2. The number of hydrogen-bond acceptors (Lipinski definition) is 4. The number of carbonyl (C=O) groups excluding carboxylic acids is 1. The minimum atomic E-state index is -0.491. The third kappa shape index (κ3) is 4.54. The monoisotopic (exact) mass is 314 g/mol. The number of benzene rings is 2. The highest BCUT2D eigenvalue weighted by Gasteiger charge is 2.19. The van der Waals surface area contributed by atoms with Crippen molar-refractivity contribution in [3.05, 3.63) is 75.8 Å². The van der Waals surface area contributed by atoms with Crippen molar-refractivity contribution in [1.29, 1.82) is 0 Å². The Morgan fingerprint density at radius 1 is 1.13 bits per heavy atom. The molecule has 120 valence electrons. The molecule has 0 fully saturated rings. The van der Waals surface area contributed by atoms with E-state index < -0.39 is 11.0 Å². The highest BCUT2D eigenvalue weighted by atomic mass is 16.6. The lowest BCUT2D eigenvalue weighted by Gasteiger charge is -2.20. The number of rotatable bonds is 6. The zero-order valence-electron chi connectivity index (χ0n) is 12.8. The molecule has 0 bridgehead atoms. The molecule has 0 N–H and O–H groups in total. The highest BCUT2D eigenvalue weighted by Crippen LogP contribution is 2.20. The zero-order chi connectivity index (χ0) is 16.7. The van der Waals surface area contributed by atoms with Gasteiger partial charge in [-0.1, -0.05) is 48.5 Å². The number of hydrogen-bond donors (Lipinski definition) is 0. The molecule has 0 saturated heterocycles. The SMILES string of the molecule is CCN(Cc1ccccc1[N+](=O)[O-])C(=O)OCc1ccccc1. The van der Waals surface area contributed by atoms with Gasteiger partial charge in [-0.3, -0.25) is 10.1 Å². The average Bonchev–Trinajstić information content (AvgIpc) is 2.58. The van der Waals surface area contributed by atoms with Gasteiger partial charge in [0, 0.05) is 18.2 Å². The van der Waals surface area contributed by atoms with E-state index in [1.807, 2.05) is 30.3 Å². The van der Waals surface area contributed by atoms with Crippen LogP contribution in [0.1, 0.15) is 18.1 Å². The van der Waals surface area contributed by atoms with Crippen LogP contribution >= 0.6 is 0 Å². The average molecular weight is 314 g/mol. The number of amides is 1. The standard InChI is InChI=1S/C17H18N2O4/c1-2-18(12-15-10-6-7-11-16(15)19(21)22)17(20)23-13-14-8-4-3-5-9-14/h3-11H,2,12-13H2,1H3. The third-order valence-electron chi connectivity index (χ3n) is 3.39. The van der Waals surface area contributed by atoms with Gasteiger partial charge in [-0.2, -0.15) is 0 Å². The van der Waals surface area contributed by atoms with Crippen molar-refractivity contribution < 1.29 is 14.5 Å². The summed E-state index contributed by atoms with van der Waals surface area (Å²) in [4.78, 5) is 24.2. The molecule has 0 aromatic heterocycles. The van der Waals surface area contributed by atoms with Crippen LogP contribution in [0, 0.1) is 10.1 Å². The van der Waals surface area contributed by atoms with Gasteiger partial charge in [-0.25, -0.2) is 4.79 Å². The number of carbonyl (C=O) groups is 1. The van der Waals surface area contributed by atoms with Crippen LogP contribution in [0.2, 0.25) is 0 Å². The molecule has 0 aliphatic rings. The molecular weight excluding hydrogens is 296 g/mol. The number of nitrogens with zero attached hydrogens (tertiary/aromatic N) is 2. The first-order chi connectivity index (χ1) is 11.1. The van der Waals surface area contributed by atoms with E-state index in [-0.39, 0.29) is 18.8 Å². The summed E-state index contributed by atoms with van der Waals surface area (Å²) in [7, 11) is 0. The van der Waals surface area contributed by atoms with Crippen LogP contribution in [0.5, 0.6) is 0 Å². The molecule has 0 saturated carbocycles. The third-order valence-corrected chi connectivity index (χ3v) is 3.39. The number of ether oxygens (including phenoxy) is 1. The molecule has 2 rings (SSSR count). The van der Waals surface area contributed by atoms with Gasteiger partial charge in [0.2, 0.25) is 0 Å². The van der Waals surface area contributed by atoms with Crippen molar-refractivity contribution in [1.82, 2.24) is 4.90 Å². The number of para-hydroxylation sites is 1. The zero-order valence-corrected chi connectivity index (χ0v) is 12.8. The Bertz CT molecular complexity index is 673. The van der Waals surface area contributed by atoms with Gasteiger partial charge < -0.3 is 9.64 Å². The van der Waals surface area contributed by atoms with E-state index in [4.69, 9.17) is 4.74 Å². The molecule has 2 aromatic rings. The lowest BCUT2D eigenvalue weighted by Crippen LogP contribution is -2.31. The first-order valence-corrected chi connectivity index (χ1v) is 7.29. The molecule has 6 nitrogen and oxygen atoms in total. The molecule has 0 atom stereocenters. The smallest absolute Gasteiger partial charge is 0.410 e. The second kappa shape index (κ2) is 7.93. The fraction of sp³-hybridized carbons (Fsp3) is 0.235.